The van der Waals surface area contributed by atoms with Gasteiger partial charge < -0.3 is 9.47 Å². The predicted molar refractivity (Wildman–Crippen MR) is 71.8 cm³/mol. The molecule has 0 spiro atoms. The standard InChI is InChI=1S/C13H18O4S/c1-16-12-6-4-5-10(13(12)17-2)7-8-11(14)9-18(3)15/h4-6H,7-9H2,1-3H3. The number of ketones is 1. The Morgan fingerprint density at radius 2 is 2.00 bits per heavy atom. The minimum Gasteiger partial charge on any atom is -0.493 e. The second-order valence-corrected chi connectivity index (χ2v) is 5.34. The van der Waals surface area contributed by atoms with Crippen molar-refractivity contribution in [2.45, 2.75) is 12.8 Å². The molecule has 18 heavy (non-hydrogen) atoms. The fraction of sp³-hybridized carbons (Fsp3) is 0.462. The molecule has 100 valence electrons. The first-order valence-corrected chi connectivity index (χ1v) is 7.32. The van der Waals surface area contributed by atoms with E-state index in [0.29, 0.717) is 24.3 Å². The first kappa shape index (κ1) is 14.7. The minimum atomic E-state index is -1.07. The zero-order valence-corrected chi connectivity index (χ0v) is 11.7. The Morgan fingerprint density at radius 3 is 2.56 bits per heavy atom. The molecule has 0 saturated heterocycles. The topological polar surface area (TPSA) is 52.6 Å². The maximum Gasteiger partial charge on any atom is 0.163 e. The Hall–Kier alpha value is -1.36. The highest BCUT2D eigenvalue weighted by atomic mass is 32.2. The van der Waals surface area contributed by atoms with Crippen molar-refractivity contribution >= 4 is 16.6 Å². The van der Waals surface area contributed by atoms with Crippen molar-refractivity contribution in [2.24, 2.45) is 0 Å². The number of carbonyl (C=O) groups excluding carboxylic acids is 1. The molecule has 0 saturated carbocycles. The van der Waals surface area contributed by atoms with Crippen LogP contribution < -0.4 is 9.47 Å². The fourth-order valence-corrected chi connectivity index (χ4v) is 2.32. The lowest BCUT2D eigenvalue weighted by Gasteiger charge is -2.12. The van der Waals surface area contributed by atoms with Gasteiger partial charge in [0.2, 0.25) is 0 Å². The van der Waals surface area contributed by atoms with Gasteiger partial charge in [-0.15, -0.1) is 0 Å². The number of Topliss-reactive ketones (excluding diaryl/α,β-unsaturated/α-hetero) is 1. The molecule has 0 N–H and O–H groups in total. The summed E-state index contributed by atoms with van der Waals surface area (Å²) >= 11 is 0. The highest BCUT2D eigenvalue weighted by Gasteiger charge is 2.11. The number of hydrogen-bond acceptors (Lipinski definition) is 4. The number of hydrogen-bond donors (Lipinski definition) is 0. The van der Waals surface area contributed by atoms with Crippen LogP contribution >= 0.6 is 0 Å². The highest BCUT2D eigenvalue weighted by molar-refractivity contribution is 7.85. The number of methoxy groups -OCH3 is 2. The van der Waals surface area contributed by atoms with Crippen molar-refractivity contribution < 1.29 is 18.5 Å². The van der Waals surface area contributed by atoms with Gasteiger partial charge >= 0.3 is 0 Å². The quantitative estimate of drug-likeness (QED) is 0.755. The van der Waals surface area contributed by atoms with Gasteiger partial charge in [-0.2, -0.15) is 0 Å². The molecule has 0 aliphatic carbocycles. The van der Waals surface area contributed by atoms with E-state index in [1.54, 1.807) is 14.2 Å². The molecule has 1 atom stereocenters. The Bertz CT molecular complexity index is 443. The number of benzene rings is 1. The first-order chi connectivity index (χ1) is 8.58. The third-order valence-electron chi connectivity index (χ3n) is 2.52. The van der Waals surface area contributed by atoms with Crippen LogP contribution in [0.2, 0.25) is 0 Å². The Kier molecular flexibility index (Phi) is 5.85. The van der Waals surface area contributed by atoms with Gasteiger partial charge in [0.25, 0.3) is 0 Å². The molecule has 0 aromatic heterocycles. The molecule has 1 aromatic rings. The molecule has 1 unspecified atom stereocenters. The van der Waals surface area contributed by atoms with Crippen molar-refractivity contribution in [3.63, 3.8) is 0 Å². The highest BCUT2D eigenvalue weighted by Crippen LogP contribution is 2.31. The van der Waals surface area contributed by atoms with Gasteiger partial charge in [-0.3, -0.25) is 9.00 Å². The molecule has 0 radical (unpaired) electrons. The van der Waals surface area contributed by atoms with Gasteiger partial charge in [0.15, 0.2) is 11.5 Å². The van der Waals surface area contributed by atoms with E-state index in [1.807, 2.05) is 18.2 Å². The predicted octanol–water partition coefficient (Wildman–Crippen LogP) is 1.58. The second-order valence-electron chi connectivity index (χ2n) is 3.91. The monoisotopic (exact) mass is 270 g/mol. The lowest BCUT2D eigenvalue weighted by Crippen LogP contribution is -2.10. The van der Waals surface area contributed by atoms with E-state index in [0.717, 1.165) is 5.56 Å². The smallest absolute Gasteiger partial charge is 0.163 e. The van der Waals surface area contributed by atoms with Crippen LogP contribution in [0.5, 0.6) is 11.5 Å². The normalized spacial score (nSPS) is 11.9. The van der Waals surface area contributed by atoms with Crippen molar-refractivity contribution in [3.05, 3.63) is 23.8 Å². The van der Waals surface area contributed by atoms with Crippen molar-refractivity contribution in [1.82, 2.24) is 0 Å². The van der Waals surface area contributed by atoms with Crippen molar-refractivity contribution in [3.8, 4) is 11.5 Å². The summed E-state index contributed by atoms with van der Waals surface area (Å²) in [6.07, 6.45) is 2.46. The molecule has 0 bridgehead atoms. The molecule has 0 heterocycles. The largest absolute Gasteiger partial charge is 0.493 e. The van der Waals surface area contributed by atoms with Gasteiger partial charge in [0.05, 0.1) is 20.0 Å². The van der Waals surface area contributed by atoms with Crippen LogP contribution in [0.3, 0.4) is 0 Å². The van der Waals surface area contributed by atoms with Crippen molar-refractivity contribution in [1.29, 1.82) is 0 Å². The van der Waals surface area contributed by atoms with Crippen LogP contribution in [0.25, 0.3) is 0 Å². The first-order valence-electron chi connectivity index (χ1n) is 5.60. The zero-order chi connectivity index (χ0) is 13.5. The van der Waals surface area contributed by atoms with Gasteiger partial charge in [0, 0.05) is 23.5 Å². The Balaban J connectivity index is 2.72. The summed E-state index contributed by atoms with van der Waals surface area (Å²) in [6.45, 7) is 0. The third-order valence-corrected chi connectivity index (χ3v) is 3.25. The van der Waals surface area contributed by atoms with Crippen LogP contribution in [0.4, 0.5) is 0 Å². The number of aryl methyl sites for hydroxylation is 1. The summed E-state index contributed by atoms with van der Waals surface area (Å²) < 4.78 is 21.4. The second kappa shape index (κ2) is 7.16. The molecule has 0 amide bonds. The Labute approximate surface area is 110 Å². The summed E-state index contributed by atoms with van der Waals surface area (Å²) in [5, 5.41) is 0. The molecular formula is C13H18O4S. The van der Waals surface area contributed by atoms with Crippen LogP contribution in [-0.2, 0) is 22.0 Å². The van der Waals surface area contributed by atoms with Gasteiger partial charge in [0.1, 0.15) is 5.78 Å². The fourth-order valence-electron chi connectivity index (χ4n) is 1.72. The molecule has 0 fully saturated rings. The average Bonchev–Trinajstić information content (AvgIpc) is 2.34. The van der Waals surface area contributed by atoms with E-state index in [1.165, 1.54) is 6.26 Å². The van der Waals surface area contributed by atoms with E-state index < -0.39 is 10.8 Å². The summed E-state index contributed by atoms with van der Waals surface area (Å²) in [5.41, 5.74) is 0.923. The molecule has 0 aliphatic rings. The van der Waals surface area contributed by atoms with Gasteiger partial charge in [-0.05, 0) is 18.1 Å². The maximum absolute atomic E-state index is 11.5. The number of ether oxygens (including phenoxy) is 2. The van der Waals surface area contributed by atoms with Gasteiger partial charge in [-0.25, -0.2) is 0 Å². The SMILES string of the molecule is COc1cccc(CCC(=O)CS(C)=O)c1OC. The summed E-state index contributed by atoms with van der Waals surface area (Å²) in [6, 6.07) is 5.57. The van der Waals surface area contributed by atoms with Crippen molar-refractivity contribution in [2.75, 3.05) is 26.2 Å². The summed E-state index contributed by atoms with van der Waals surface area (Å²) in [5.74, 6) is 1.43. The third kappa shape index (κ3) is 4.14. The van der Waals surface area contributed by atoms with Crippen LogP contribution in [-0.4, -0.2) is 36.2 Å². The number of rotatable bonds is 7. The van der Waals surface area contributed by atoms with Gasteiger partial charge in [-0.1, -0.05) is 12.1 Å². The molecule has 4 nitrogen and oxygen atoms in total. The number of para-hydroxylation sites is 1. The van der Waals surface area contributed by atoms with E-state index in [4.69, 9.17) is 9.47 Å². The summed E-state index contributed by atoms with van der Waals surface area (Å²) in [7, 11) is 2.08. The van der Waals surface area contributed by atoms with E-state index in [9.17, 15) is 9.00 Å². The molecule has 0 aliphatic heterocycles. The average molecular weight is 270 g/mol. The Morgan fingerprint density at radius 1 is 1.28 bits per heavy atom. The van der Waals surface area contributed by atoms with E-state index in [2.05, 4.69) is 0 Å². The zero-order valence-electron chi connectivity index (χ0n) is 10.9. The molecule has 5 heteroatoms. The van der Waals surface area contributed by atoms with Crippen LogP contribution in [0, 0.1) is 0 Å². The van der Waals surface area contributed by atoms with E-state index in [-0.39, 0.29) is 11.5 Å². The summed E-state index contributed by atoms with van der Waals surface area (Å²) in [4.78, 5) is 11.5. The lowest BCUT2D eigenvalue weighted by atomic mass is 10.1. The number of carbonyl (C=O) groups is 1. The van der Waals surface area contributed by atoms with E-state index >= 15 is 0 Å². The van der Waals surface area contributed by atoms with Crippen LogP contribution in [0.15, 0.2) is 18.2 Å². The maximum atomic E-state index is 11.5. The minimum absolute atomic E-state index is 0.000654. The van der Waals surface area contributed by atoms with Crippen LogP contribution in [0.1, 0.15) is 12.0 Å². The molecular weight excluding hydrogens is 252 g/mol. The molecule has 1 aromatic carbocycles. The molecule has 1 rings (SSSR count). The lowest BCUT2D eigenvalue weighted by molar-refractivity contribution is -0.116.